The second kappa shape index (κ2) is 7.65. The van der Waals surface area contributed by atoms with Gasteiger partial charge in [0.15, 0.2) is 0 Å². The van der Waals surface area contributed by atoms with E-state index in [1.165, 1.54) is 11.3 Å². The number of aryl methyl sites for hydroxylation is 1. The molecule has 3 heteroatoms. The molecule has 1 aromatic rings. The molecule has 1 atom stereocenters. The second-order valence-corrected chi connectivity index (χ2v) is 5.71. The summed E-state index contributed by atoms with van der Waals surface area (Å²) in [5.74, 6) is 0. The molecule has 2 rings (SSSR count). The Hall–Kier alpha value is -1.06. The fourth-order valence-electron chi connectivity index (χ4n) is 3.01. The fraction of sp³-hybridized carbons (Fsp3) is 0.647. The number of piperazine rings is 1. The third-order valence-corrected chi connectivity index (χ3v) is 4.18. The van der Waals surface area contributed by atoms with Gasteiger partial charge in [-0.3, -0.25) is 4.90 Å². The van der Waals surface area contributed by atoms with Crippen molar-refractivity contribution in [2.24, 2.45) is 0 Å². The third-order valence-electron chi connectivity index (χ3n) is 4.18. The summed E-state index contributed by atoms with van der Waals surface area (Å²) in [6.07, 6.45) is 2.91. The van der Waals surface area contributed by atoms with E-state index in [9.17, 15) is 5.11 Å². The van der Waals surface area contributed by atoms with Crippen LogP contribution in [0.15, 0.2) is 24.3 Å². The Bertz CT molecular complexity index is 400. The molecule has 1 saturated heterocycles. The van der Waals surface area contributed by atoms with Crippen LogP contribution >= 0.6 is 0 Å². The SMILES string of the molecule is CCCC(O)CN1CCN(c2ccccc2CC)CC1. The van der Waals surface area contributed by atoms with Crippen LogP contribution in [0.5, 0.6) is 0 Å². The topological polar surface area (TPSA) is 26.7 Å². The van der Waals surface area contributed by atoms with E-state index in [4.69, 9.17) is 0 Å². The number of β-amino-alcohol motifs (C(OH)–C–C–N with tert-alkyl or cyclic N) is 1. The van der Waals surface area contributed by atoms with Crippen molar-refractivity contribution in [2.45, 2.75) is 39.2 Å². The van der Waals surface area contributed by atoms with Gasteiger partial charge in [0.2, 0.25) is 0 Å². The molecule has 3 nitrogen and oxygen atoms in total. The molecule has 1 heterocycles. The Labute approximate surface area is 123 Å². The molecular weight excluding hydrogens is 248 g/mol. The average molecular weight is 276 g/mol. The minimum atomic E-state index is -0.158. The van der Waals surface area contributed by atoms with Crippen LogP contribution in [0.2, 0.25) is 0 Å². The summed E-state index contributed by atoms with van der Waals surface area (Å²) in [7, 11) is 0. The Morgan fingerprint density at radius 3 is 2.45 bits per heavy atom. The van der Waals surface area contributed by atoms with E-state index in [1.807, 2.05) is 0 Å². The molecule has 20 heavy (non-hydrogen) atoms. The maximum atomic E-state index is 9.91. The summed E-state index contributed by atoms with van der Waals surface area (Å²) in [6, 6.07) is 8.72. The van der Waals surface area contributed by atoms with Crippen LogP contribution in [0.25, 0.3) is 0 Å². The number of hydrogen-bond acceptors (Lipinski definition) is 3. The molecule has 0 saturated carbocycles. The van der Waals surface area contributed by atoms with E-state index in [1.54, 1.807) is 0 Å². The van der Waals surface area contributed by atoms with Crippen LogP contribution in [-0.4, -0.2) is 48.8 Å². The molecule has 0 spiro atoms. The number of hydrogen-bond donors (Lipinski definition) is 1. The van der Waals surface area contributed by atoms with Crippen molar-refractivity contribution in [3.05, 3.63) is 29.8 Å². The van der Waals surface area contributed by atoms with E-state index in [0.717, 1.165) is 52.0 Å². The number of nitrogens with zero attached hydrogens (tertiary/aromatic N) is 2. The Balaban J connectivity index is 1.88. The van der Waals surface area contributed by atoms with Gasteiger partial charge in [0.05, 0.1) is 6.10 Å². The molecule has 1 fully saturated rings. The van der Waals surface area contributed by atoms with Crippen molar-refractivity contribution >= 4 is 5.69 Å². The van der Waals surface area contributed by atoms with Gasteiger partial charge in [-0.1, -0.05) is 38.5 Å². The van der Waals surface area contributed by atoms with Crippen LogP contribution in [0.3, 0.4) is 0 Å². The summed E-state index contributed by atoms with van der Waals surface area (Å²) in [5.41, 5.74) is 2.83. The summed E-state index contributed by atoms with van der Waals surface area (Å²) < 4.78 is 0. The van der Waals surface area contributed by atoms with E-state index in [0.29, 0.717) is 0 Å². The summed E-state index contributed by atoms with van der Waals surface area (Å²) in [4.78, 5) is 4.88. The molecule has 0 aromatic heterocycles. The highest BCUT2D eigenvalue weighted by Gasteiger charge is 2.20. The van der Waals surface area contributed by atoms with Crippen molar-refractivity contribution < 1.29 is 5.11 Å². The normalized spacial score (nSPS) is 18.2. The molecule has 1 aromatic carbocycles. The number of rotatable bonds is 6. The lowest BCUT2D eigenvalue weighted by Crippen LogP contribution is -2.48. The minimum absolute atomic E-state index is 0.158. The van der Waals surface area contributed by atoms with Gasteiger partial charge in [-0.05, 0) is 24.5 Å². The molecule has 0 aliphatic carbocycles. The molecule has 0 amide bonds. The maximum absolute atomic E-state index is 9.91. The highest BCUT2D eigenvalue weighted by atomic mass is 16.3. The second-order valence-electron chi connectivity index (χ2n) is 5.71. The number of anilines is 1. The quantitative estimate of drug-likeness (QED) is 0.865. The Morgan fingerprint density at radius 2 is 1.80 bits per heavy atom. The molecule has 1 unspecified atom stereocenters. The molecule has 1 N–H and O–H groups in total. The molecule has 1 aliphatic heterocycles. The van der Waals surface area contributed by atoms with E-state index in [-0.39, 0.29) is 6.10 Å². The van der Waals surface area contributed by atoms with Crippen molar-refractivity contribution in [2.75, 3.05) is 37.6 Å². The number of para-hydroxylation sites is 1. The van der Waals surface area contributed by atoms with Gasteiger partial charge < -0.3 is 10.0 Å². The van der Waals surface area contributed by atoms with Gasteiger partial charge in [-0.15, -0.1) is 0 Å². The third kappa shape index (κ3) is 3.97. The van der Waals surface area contributed by atoms with Crippen LogP contribution in [0.4, 0.5) is 5.69 Å². The van der Waals surface area contributed by atoms with Crippen molar-refractivity contribution in [1.29, 1.82) is 0 Å². The highest BCUT2D eigenvalue weighted by Crippen LogP contribution is 2.22. The molecule has 1 aliphatic rings. The maximum Gasteiger partial charge on any atom is 0.0667 e. The van der Waals surface area contributed by atoms with Gasteiger partial charge >= 0.3 is 0 Å². The van der Waals surface area contributed by atoms with Gasteiger partial charge in [-0.2, -0.15) is 0 Å². The van der Waals surface area contributed by atoms with Crippen molar-refractivity contribution in [3.8, 4) is 0 Å². The number of benzene rings is 1. The lowest BCUT2D eigenvalue weighted by atomic mass is 10.1. The van der Waals surface area contributed by atoms with Gasteiger partial charge in [0, 0.05) is 38.4 Å². The first kappa shape index (κ1) is 15.3. The summed E-state index contributed by atoms with van der Waals surface area (Å²) in [5, 5.41) is 9.91. The zero-order valence-electron chi connectivity index (χ0n) is 12.9. The number of aliphatic hydroxyl groups excluding tert-OH is 1. The van der Waals surface area contributed by atoms with E-state index < -0.39 is 0 Å². The smallest absolute Gasteiger partial charge is 0.0667 e. The summed E-state index contributed by atoms with van der Waals surface area (Å²) in [6.45, 7) is 9.42. The predicted octanol–water partition coefficient (Wildman–Crippen LogP) is 2.53. The zero-order valence-corrected chi connectivity index (χ0v) is 12.9. The first-order valence-corrected chi connectivity index (χ1v) is 7.97. The highest BCUT2D eigenvalue weighted by molar-refractivity contribution is 5.54. The number of aliphatic hydroxyl groups is 1. The van der Waals surface area contributed by atoms with Gasteiger partial charge in [0.25, 0.3) is 0 Å². The lowest BCUT2D eigenvalue weighted by molar-refractivity contribution is 0.101. The molecular formula is C17H28N2O. The Morgan fingerprint density at radius 1 is 1.10 bits per heavy atom. The predicted molar refractivity (Wildman–Crippen MR) is 85.4 cm³/mol. The molecule has 0 bridgehead atoms. The van der Waals surface area contributed by atoms with Crippen molar-refractivity contribution in [3.63, 3.8) is 0 Å². The van der Waals surface area contributed by atoms with Crippen LogP contribution in [0, 0.1) is 0 Å². The standard InChI is InChI=1S/C17H28N2O/c1-3-7-16(20)14-18-10-12-19(13-11-18)17-9-6-5-8-15(17)4-2/h5-6,8-9,16,20H,3-4,7,10-14H2,1-2H3. The zero-order chi connectivity index (χ0) is 14.4. The van der Waals surface area contributed by atoms with Crippen LogP contribution in [-0.2, 0) is 6.42 Å². The molecule has 112 valence electrons. The van der Waals surface area contributed by atoms with Crippen LogP contribution < -0.4 is 4.90 Å². The van der Waals surface area contributed by atoms with Crippen molar-refractivity contribution in [1.82, 2.24) is 4.90 Å². The Kier molecular flexibility index (Phi) is 5.86. The fourth-order valence-corrected chi connectivity index (χ4v) is 3.01. The van der Waals surface area contributed by atoms with E-state index >= 15 is 0 Å². The first-order chi connectivity index (χ1) is 9.74. The summed E-state index contributed by atoms with van der Waals surface area (Å²) >= 11 is 0. The minimum Gasteiger partial charge on any atom is -0.392 e. The first-order valence-electron chi connectivity index (χ1n) is 7.97. The average Bonchev–Trinajstić information content (AvgIpc) is 2.48. The lowest BCUT2D eigenvalue weighted by Gasteiger charge is -2.37. The van der Waals surface area contributed by atoms with E-state index in [2.05, 4.69) is 47.9 Å². The van der Waals surface area contributed by atoms with Gasteiger partial charge in [-0.25, -0.2) is 0 Å². The molecule has 0 radical (unpaired) electrons. The van der Waals surface area contributed by atoms with Gasteiger partial charge in [0.1, 0.15) is 0 Å². The monoisotopic (exact) mass is 276 g/mol. The van der Waals surface area contributed by atoms with Crippen LogP contribution in [0.1, 0.15) is 32.3 Å². The largest absolute Gasteiger partial charge is 0.392 e.